The molecule has 1 aromatic rings. The van der Waals surface area contributed by atoms with E-state index in [1.807, 2.05) is 0 Å². The molecule has 4 heteroatoms. The van der Waals surface area contributed by atoms with Crippen LogP contribution < -0.4 is 0 Å². The van der Waals surface area contributed by atoms with Crippen LogP contribution in [0.5, 0.6) is 0 Å². The Morgan fingerprint density at radius 2 is 2.07 bits per heavy atom. The van der Waals surface area contributed by atoms with Gasteiger partial charge in [0.1, 0.15) is 12.4 Å². The number of carbonyl (C=O) groups excluding carboxylic acids is 1. The largest absolute Gasteiger partial charge is 0.447 e. The highest BCUT2D eigenvalue weighted by Gasteiger charge is 2.24. The minimum Gasteiger partial charge on any atom is -0.447 e. The highest BCUT2D eigenvalue weighted by atomic mass is 19.1. The van der Waals surface area contributed by atoms with Crippen LogP contribution >= 0.6 is 0 Å². The van der Waals surface area contributed by atoms with E-state index in [1.54, 1.807) is 12.1 Å². The predicted molar refractivity (Wildman–Crippen MR) is 53.5 cm³/mol. The zero-order valence-electron chi connectivity index (χ0n) is 8.07. The summed E-state index contributed by atoms with van der Waals surface area (Å²) in [7, 11) is 0. The minimum atomic E-state index is -0.399. The maximum absolute atomic E-state index is 12.7. The molecule has 1 heterocycles. The Labute approximate surface area is 86.8 Å². The van der Waals surface area contributed by atoms with Gasteiger partial charge in [-0.3, -0.25) is 4.90 Å². The van der Waals surface area contributed by atoms with Crippen molar-refractivity contribution in [1.82, 2.24) is 4.90 Å². The fourth-order valence-corrected chi connectivity index (χ4v) is 1.44. The van der Waals surface area contributed by atoms with Gasteiger partial charge in [0, 0.05) is 5.70 Å². The van der Waals surface area contributed by atoms with Crippen LogP contribution in [0.25, 0.3) is 5.70 Å². The number of amides is 1. The molecule has 0 aliphatic carbocycles. The Morgan fingerprint density at radius 3 is 2.60 bits per heavy atom. The number of rotatable bonds is 2. The standard InChI is InChI=1S/C11H10FNO2/c1-8(13-6-7-15-11(13)14)9-2-4-10(12)5-3-9/h2-5H,1,6-7H2. The first-order valence-electron chi connectivity index (χ1n) is 4.57. The van der Waals surface area contributed by atoms with Gasteiger partial charge >= 0.3 is 6.09 Å². The summed E-state index contributed by atoms with van der Waals surface area (Å²) in [5, 5.41) is 0. The number of ether oxygens (including phenoxy) is 1. The summed E-state index contributed by atoms with van der Waals surface area (Å²) in [6, 6.07) is 5.84. The number of hydrogen-bond donors (Lipinski definition) is 0. The second-order valence-electron chi connectivity index (χ2n) is 3.22. The van der Waals surface area contributed by atoms with E-state index in [1.165, 1.54) is 17.0 Å². The van der Waals surface area contributed by atoms with Gasteiger partial charge in [-0.25, -0.2) is 9.18 Å². The smallest absolute Gasteiger partial charge is 0.414 e. The first kappa shape index (κ1) is 9.71. The van der Waals surface area contributed by atoms with Crippen molar-refractivity contribution in [1.29, 1.82) is 0 Å². The Balaban J connectivity index is 2.20. The molecule has 0 unspecified atom stereocenters. The summed E-state index contributed by atoms with van der Waals surface area (Å²) < 4.78 is 17.5. The van der Waals surface area contributed by atoms with Crippen LogP contribution in [0.4, 0.5) is 9.18 Å². The molecule has 0 spiro atoms. The summed E-state index contributed by atoms with van der Waals surface area (Å²) in [4.78, 5) is 12.7. The van der Waals surface area contributed by atoms with Crippen LogP contribution in [0, 0.1) is 5.82 Å². The molecule has 0 bridgehead atoms. The zero-order chi connectivity index (χ0) is 10.8. The number of cyclic esters (lactones) is 1. The van der Waals surface area contributed by atoms with E-state index in [9.17, 15) is 9.18 Å². The Morgan fingerprint density at radius 1 is 1.40 bits per heavy atom. The lowest BCUT2D eigenvalue weighted by atomic mass is 10.1. The van der Waals surface area contributed by atoms with Gasteiger partial charge in [-0.1, -0.05) is 18.7 Å². The topological polar surface area (TPSA) is 29.5 Å². The summed E-state index contributed by atoms with van der Waals surface area (Å²) in [5.74, 6) is -0.310. The van der Waals surface area contributed by atoms with Crippen molar-refractivity contribution >= 4 is 11.8 Å². The van der Waals surface area contributed by atoms with E-state index in [4.69, 9.17) is 4.74 Å². The Hall–Kier alpha value is -1.84. The fourth-order valence-electron chi connectivity index (χ4n) is 1.44. The van der Waals surface area contributed by atoms with Crippen LogP contribution in [-0.4, -0.2) is 24.1 Å². The van der Waals surface area contributed by atoms with Crippen LogP contribution in [-0.2, 0) is 4.74 Å². The molecule has 0 atom stereocenters. The predicted octanol–water partition coefficient (Wildman–Crippen LogP) is 2.25. The van der Waals surface area contributed by atoms with Gasteiger partial charge in [0.15, 0.2) is 0 Å². The van der Waals surface area contributed by atoms with E-state index < -0.39 is 6.09 Å². The molecule has 0 saturated carbocycles. The van der Waals surface area contributed by atoms with Crippen molar-refractivity contribution in [3.63, 3.8) is 0 Å². The van der Waals surface area contributed by atoms with Gasteiger partial charge in [0.2, 0.25) is 0 Å². The molecule has 3 nitrogen and oxygen atoms in total. The van der Waals surface area contributed by atoms with Crippen LogP contribution in [0.15, 0.2) is 30.8 Å². The SMILES string of the molecule is C=C(c1ccc(F)cc1)N1CCOC1=O. The molecule has 0 radical (unpaired) electrons. The Kier molecular flexibility index (Phi) is 2.41. The molecule has 2 rings (SSSR count). The van der Waals surface area contributed by atoms with Crippen molar-refractivity contribution < 1.29 is 13.9 Å². The third kappa shape index (κ3) is 1.83. The molecule has 1 saturated heterocycles. The van der Waals surface area contributed by atoms with Gasteiger partial charge in [-0.05, 0) is 17.7 Å². The molecule has 0 aromatic heterocycles. The first-order chi connectivity index (χ1) is 7.18. The van der Waals surface area contributed by atoms with Gasteiger partial charge in [0.05, 0.1) is 6.54 Å². The van der Waals surface area contributed by atoms with E-state index in [-0.39, 0.29) is 5.82 Å². The first-order valence-corrected chi connectivity index (χ1v) is 4.57. The third-order valence-electron chi connectivity index (χ3n) is 2.26. The fraction of sp³-hybridized carbons (Fsp3) is 0.182. The van der Waals surface area contributed by atoms with Gasteiger partial charge in [-0.2, -0.15) is 0 Å². The average molecular weight is 207 g/mol. The van der Waals surface area contributed by atoms with Crippen molar-refractivity contribution in [2.45, 2.75) is 0 Å². The number of carbonyl (C=O) groups is 1. The van der Waals surface area contributed by atoms with Gasteiger partial charge in [-0.15, -0.1) is 0 Å². The maximum atomic E-state index is 12.7. The van der Waals surface area contributed by atoms with Crippen molar-refractivity contribution in [3.8, 4) is 0 Å². The molecule has 1 aromatic carbocycles. The molecule has 78 valence electrons. The summed E-state index contributed by atoms with van der Waals surface area (Å²) in [6.07, 6.45) is -0.399. The summed E-state index contributed by atoms with van der Waals surface area (Å²) >= 11 is 0. The number of benzene rings is 1. The molecule has 15 heavy (non-hydrogen) atoms. The molecular weight excluding hydrogens is 197 g/mol. The van der Waals surface area contributed by atoms with Gasteiger partial charge in [0.25, 0.3) is 0 Å². The highest BCUT2D eigenvalue weighted by Crippen LogP contribution is 2.20. The Bertz CT molecular complexity index is 400. The monoisotopic (exact) mass is 207 g/mol. The summed E-state index contributed by atoms with van der Waals surface area (Å²) in [5.41, 5.74) is 1.26. The molecule has 1 aliphatic rings. The second kappa shape index (κ2) is 3.73. The third-order valence-corrected chi connectivity index (χ3v) is 2.26. The number of halogens is 1. The maximum Gasteiger partial charge on any atom is 0.414 e. The molecule has 1 amide bonds. The molecule has 1 fully saturated rings. The van der Waals surface area contributed by atoms with Crippen LogP contribution in [0.2, 0.25) is 0 Å². The number of nitrogens with zero attached hydrogens (tertiary/aromatic N) is 1. The minimum absolute atomic E-state index is 0.310. The lowest BCUT2D eigenvalue weighted by molar-refractivity contribution is 0.167. The van der Waals surface area contributed by atoms with E-state index in [2.05, 4.69) is 6.58 Å². The molecule has 1 aliphatic heterocycles. The second-order valence-corrected chi connectivity index (χ2v) is 3.22. The molecule has 0 N–H and O–H groups in total. The van der Waals surface area contributed by atoms with Crippen molar-refractivity contribution in [2.75, 3.05) is 13.2 Å². The molecular formula is C11H10FNO2. The average Bonchev–Trinajstić information content (AvgIpc) is 2.65. The van der Waals surface area contributed by atoms with Crippen molar-refractivity contribution in [2.24, 2.45) is 0 Å². The van der Waals surface area contributed by atoms with Gasteiger partial charge < -0.3 is 4.74 Å². The van der Waals surface area contributed by atoms with E-state index in [0.717, 1.165) is 5.56 Å². The zero-order valence-corrected chi connectivity index (χ0v) is 8.07. The van der Waals surface area contributed by atoms with E-state index in [0.29, 0.717) is 18.8 Å². The number of hydrogen-bond acceptors (Lipinski definition) is 2. The van der Waals surface area contributed by atoms with E-state index >= 15 is 0 Å². The quantitative estimate of drug-likeness (QED) is 0.744. The van der Waals surface area contributed by atoms with Crippen LogP contribution in [0.3, 0.4) is 0 Å². The van der Waals surface area contributed by atoms with Crippen molar-refractivity contribution in [3.05, 3.63) is 42.2 Å². The van der Waals surface area contributed by atoms with Crippen LogP contribution in [0.1, 0.15) is 5.56 Å². The lowest BCUT2D eigenvalue weighted by Gasteiger charge is -2.15. The lowest BCUT2D eigenvalue weighted by Crippen LogP contribution is -2.21. The summed E-state index contributed by atoms with van der Waals surface area (Å²) in [6.45, 7) is 4.66. The normalized spacial score (nSPS) is 15.3. The highest BCUT2D eigenvalue weighted by molar-refractivity contribution is 5.82.